The van der Waals surface area contributed by atoms with Crippen LogP contribution >= 0.6 is 0 Å². The van der Waals surface area contributed by atoms with Gasteiger partial charge >= 0.3 is 0 Å². The predicted octanol–water partition coefficient (Wildman–Crippen LogP) is 3.21. The highest BCUT2D eigenvalue weighted by molar-refractivity contribution is 5.61. The van der Waals surface area contributed by atoms with E-state index in [4.69, 9.17) is 4.74 Å². The van der Waals surface area contributed by atoms with E-state index in [2.05, 4.69) is 28.3 Å². The van der Waals surface area contributed by atoms with Crippen molar-refractivity contribution in [2.45, 2.75) is 26.7 Å². The second kappa shape index (κ2) is 5.49. The lowest BCUT2D eigenvalue weighted by molar-refractivity contribution is 0.357. The van der Waals surface area contributed by atoms with Crippen LogP contribution in [0.15, 0.2) is 24.3 Å². The van der Waals surface area contributed by atoms with Crippen molar-refractivity contribution in [3.8, 4) is 17.1 Å². The number of anilines is 1. The lowest BCUT2D eigenvalue weighted by Gasteiger charge is -2.08. The summed E-state index contributed by atoms with van der Waals surface area (Å²) in [6, 6.07) is 8.17. The van der Waals surface area contributed by atoms with Crippen LogP contribution < -0.4 is 10.1 Å². The van der Waals surface area contributed by atoms with Crippen molar-refractivity contribution in [3.63, 3.8) is 0 Å². The third-order valence-corrected chi connectivity index (χ3v) is 3.36. The van der Waals surface area contributed by atoms with E-state index < -0.39 is 0 Å². The number of rotatable bonds is 4. The van der Waals surface area contributed by atoms with Crippen LogP contribution in [0.2, 0.25) is 0 Å². The molecule has 0 fully saturated rings. The van der Waals surface area contributed by atoms with Crippen LogP contribution in [-0.4, -0.2) is 23.1 Å². The summed E-state index contributed by atoms with van der Waals surface area (Å²) in [6.07, 6.45) is 2.05. The van der Waals surface area contributed by atoms with Crippen LogP contribution in [0.4, 0.5) is 5.82 Å². The molecule has 0 saturated carbocycles. The first-order chi connectivity index (χ1) is 9.76. The molecule has 0 atom stereocenters. The Hall–Kier alpha value is -2.10. The molecule has 0 bridgehead atoms. The molecule has 2 aromatic rings. The molecule has 104 valence electrons. The number of nitrogens with one attached hydrogen (secondary N) is 1. The predicted molar refractivity (Wildman–Crippen MR) is 80.2 cm³/mol. The van der Waals surface area contributed by atoms with Crippen molar-refractivity contribution in [1.29, 1.82) is 0 Å². The Balaban J connectivity index is 1.94. The zero-order chi connectivity index (χ0) is 13.9. The molecule has 0 unspecified atom stereocenters. The highest BCUT2D eigenvalue weighted by Gasteiger charge is 2.14. The Kier molecular flexibility index (Phi) is 3.54. The van der Waals surface area contributed by atoms with Gasteiger partial charge in [-0.05, 0) is 37.1 Å². The Bertz CT molecular complexity index is 625. The van der Waals surface area contributed by atoms with Gasteiger partial charge in [-0.25, -0.2) is 9.97 Å². The van der Waals surface area contributed by atoms with Gasteiger partial charge in [0.1, 0.15) is 11.6 Å². The Morgan fingerprint density at radius 1 is 1.25 bits per heavy atom. The third kappa shape index (κ3) is 2.59. The van der Waals surface area contributed by atoms with Gasteiger partial charge in [0.25, 0.3) is 0 Å². The molecule has 1 aliphatic heterocycles. The molecular formula is C16H19N3O. The van der Waals surface area contributed by atoms with Crippen LogP contribution in [0.25, 0.3) is 11.4 Å². The summed E-state index contributed by atoms with van der Waals surface area (Å²) in [5, 5.41) is 3.32. The molecule has 3 rings (SSSR count). The van der Waals surface area contributed by atoms with Gasteiger partial charge in [-0.1, -0.05) is 6.92 Å². The third-order valence-electron chi connectivity index (χ3n) is 3.36. The van der Waals surface area contributed by atoms with Crippen molar-refractivity contribution < 1.29 is 4.74 Å². The average Bonchev–Trinajstić information content (AvgIpc) is 2.92. The fourth-order valence-electron chi connectivity index (χ4n) is 2.37. The minimum absolute atomic E-state index is 0.775. The first-order valence-corrected chi connectivity index (χ1v) is 7.12. The summed E-state index contributed by atoms with van der Waals surface area (Å²) in [4.78, 5) is 9.15. The normalized spacial score (nSPS) is 12.9. The quantitative estimate of drug-likeness (QED) is 0.926. The molecule has 20 heavy (non-hydrogen) atoms. The topological polar surface area (TPSA) is 47.0 Å². The van der Waals surface area contributed by atoms with E-state index in [-0.39, 0.29) is 0 Å². The van der Waals surface area contributed by atoms with Gasteiger partial charge in [-0.2, -0.15) is 0 Å². The van der Waals surface area contributed by atoms with E-state index in [1.54, 1.807) is 0 Å². The molecule has 0 amide bonds. The van der Waals surface area contributed by atoms with Crippen molar-refractivity contribution in [1.82, 2.24) is 9.97 Å². The van der Waals surface area contributed by atoms with E-state index in [9.17, 15) is 0 Å². The molecule has 1 aromatic carbocycles. The van der Waals surface area contributed by atoms with E-state index in [0.29, 0.717) is 0 Å². The van der Waals surface area contributed by atoms with Gasteiger partial charge in [0.15, 0.2) is 5.82 Å². The first-order valence-electron chi connectivity index (χ1n) is 7.12. The Morgan fingerprint density at radius 3 is 3.00 bits per heavy atom. The molecular weight excluding hydrogens is 250 g/mol. The van der Waals surface area contributed by atoms with E-state index in [1.807, 2.05) is 25.1 Å². The number of nitrogens with zero attached hydrogens (tertiary/aromatic N) is 2. The fraction of sp³-hybridized carbons (Fsp3) is 0.375. The number of aromatic nitrogens is 2. The highest BCUT2D eigenvalue weighted by Crippen LogP contribution is 2.29. The standard InChI is InChI=1S/C16H19N3O/c1-3-7-17-15-9-11(2)18-16(19-15)13-4-5-14-12(10-13)6-8-20-14/h4-5,9-10H,3,6-8H2,1-2H3,(H,17,18,19). The van der Waals surface area contributed by atoms with Gasteiger partial charge < -0.3 is 10.1 Å². The number of benzene rings is 1. The number of ether oxygens (including phenoxy) is 1. The molecule has 0 spiro atoms. The van der Waals surface area contributed by atoms with Crippen LogP contribution in [0.5, 0.6) is 5.75 Å². The second-order valence-corrected chi connectivity index (χ2v) is 5.07. The molecule has 1 aromatic heterocycles. The average molecular weight is 269 g/mol. The number of aryl methyl sites for hydroxylation is 1. The lowest BCUT2D eigenvalue weighted by Crippen LogP contribution is -2.04. The summed E-state index contributed by atoms with van der Waals surface area (Å²) in [5.41, 5.74) is 3.28. The van der Waals surface area contributed by atoms with Gasteiger partial charge in [-0.3, -0.25) is 0 Å². The highest BCUT2D eigenvalue weighted by atomic mass is 16.5. The number of hydrogen-bond acceptors (Lipinski definition) is 4. The van der Waals surface area contributed by atoms with E-state index in [1.165, 1.54) is 5.56 Å². The molecule has 1 aliphatic rings. The summed E-state index contributed by atoms with van der Waals surface area (Å²) in [5.74, 6) is 2.66. The molecule has 2 heterocycles. The maximum absolute atomic E-state index is 5.54. The smallest absolute Gasteiger partial charge is 0.161 e. The minimum atomic E-state index is 0.775. The number of fused-ring (bicyclic) bond motifs is 1. The van der Waals surface area contributed by atoms with E-state index in [0.717, 1.165) is 54.6 Å². The van der Waals surface area contributed by atoms with E-state index >= 15 is 0 Å². The van der Waals surface area contributed by atoms with Gasteiger partial charge in [0, 0.05) is 30.3 Å². The zero-order valence-electron chi connectivity index (χ0n) is 11.9. The lowest BCUT2D eigenvalue weighted by atomic mass is 10.1. The maximum Gasteiger partial charge on any atom is 0.161 e. The summed E-state index contributed by atoms with van der Waals surface area (Å²) in [6.45, 7) is 5.84. The van der Waals surface area contributed by atoms with Crippen molar-refractivity contribution in [2.75, 3.05) is 18.5 Å². The summed E-state index contributed by atoms with van der Waals surface area (Å²) in [7, 11) is 0. The molecule has 0 aliphatic carbocycles. The molecule has 4 heteroatoms. The van der Waals surface area contributed by atoms with Gasteiger partial charge in [0.2, 0.25) is 0 Å². The number of hydrogen-bond donors (Lipinski definition) is 1. The largest absolute Gasteiger partial charge is 0.493 e. The SMILES string of the molecule is CCCNc1cc(C)nc(-c2ccc3c(c2)CCO3)n1. The zero-order valence-corrected chi connectivity index (χ0v) is 11.9. The molecule has 1 N–H and O–H groups in total. The Morgan fingerprint density at radius 2 is 2.15 bits per heavy atom. The fourth-order valence-corrected chi connectivity index (χ4v) is 2.37. The first kappa shape index (κ1) is 12.9. The van der Waals surface area contributed by atoms with Crippen LogP contribution in [0.3, 0.4) is 0 Å². The molecule has 0 saturated heterocycles. The van der Waals surface area contributed by atoms with Crippen LogP contribution in [-0.2, 0) is 6.42 Å². The maximum atomic E-state index is 5.54. The monoisotopic (exact) mass is 269 g/mol. The van der Waals surface area contributed by atoms with Crippen LogP contribution in [0, 0.1) is 6.92 Å². The van der Waals surface area contributed by atoms with Crippen molar-refractivity contribution in [3.05, 3.63) is 35.5 Å². The molecule has 0 radical (unpaired) electrons. The van der Waals surface area contributed by atoms with Crippen molar-refractivity contribution in [2.24, 2.45) is 0 Å². The Labute approximate surface area is 119 Å². The van der Waals surface area contributed by atoms with Gasteiger partial charge in [0.05, 0.1) is 6.61 Å². The molecule has 4 nitrogen and oxygen atoms in total. The van der Waals surface area contributed by atoms with Crippen molar-refractivity contribution >= 4 is 5.82 Å². The minimum Gasteiger partial charge on any atom is -0.493 e. The van der Waals surface area contributed by atoms with Crippen LogP contribution in [0.1, 0.15) is 24.6 Å². The van der Waals surface area contributed by atoms with Gasteiger partial charge in [-0.15, -0.1) is 0 Å². The summed E-state index contributed by atoms with van der Waals surface area (Å²) >= 11 is 0. The second-order valence-electron chi connectivity index (χ2n) is 5.07. The summed E-state index contributed by atoms with van der Waals surface area (Å²) < 4.78 is 5.54.